The molecule has 0 rings (SSSR count). The Morgan fingerprint density at radius 3 is 2.00 bits per heavy atom. The molecule has 4 nitrogen and oxygen atoms in total. The van der Waals surface area contributed by atoms with Gasteiger partial charge in [-0.15, -0.1) is 0 Å². The summed E-state index contributed by atoms with van der Waals surface area (Å²) >= 11 is 0. The average Bonchev–Trinajstić information content (AvgIpc) is 2.28. The van der Waals surface area contributed by atoms with Crippen LogP contribution in [0, 0.1) is 0 Å². The summed E-state index contributed by atoms with van der Waals surface area (Å²) in [7, 11) is 5.10. The Hall–Kier alpha value is -1.06. The Kier molecular flexibility index (Phi) is 8.46. The van der Waals surface area contributed by atoms with Gasteiger partial charge in [0.05, 0.1) is 0 Å². The highest BCUT2D eigenvalue weighted by atomic mass is 16.2. The highest BCUT2D eigenvalue weighted by molar-refractivity contribution is 5.96. The number of rotatable bonds is 8. The summed E-state index contributed by atoms with van der Waals surface area (Å²) in [4.78, 5) is 26.1. The molecular weight excluding hydrogens is 216 g/mol. The SMILES string of the molecule is CCCCCCCN(C)C(=O)CC(=O)N(C)C. The van der Waals surface area contributed by atoms with Gasteiger partial charge in [0.2, 0.25) is 11.8 Å². The summed E-state index contributed by atoms with van der Waals surface area (Å²) in [5.74, 6) is -0.216. The van der Waals surface area contributed by atoms with Crippen molar-refractivity contribution < 1.29 is 9.59 Å². The molecule has 0 bridgehead atoms. The van der Waals surface area contributed by atoms with E-state index in [2.05, 4.69) is 6.92 Å². The third-order valence-corrected chi connectivity index (χ3v) is 2.82. The lowest BCUT2D eigenvalue weighted by atomic mass is 10.1. The number of hydrogen-bond donors (Lipinski definition) is 0. The van der Waals surface area contributed by atoms with Crippen molar-refractivity contribution in [1.82, 2.24) is 9.80 Å². The second-order valence-corrected chi connectivity index (χ2v) is 4.69. The first-order chi connectivity index (χ1) is 7.99. The molecule has 17 heavy (non-hydrogen) atoms. The molecule has 4 heteroatoms. The normalized spacial score (nSPS) is 10.1. The third-order valence-electron chi connectivity index (χ3n) is 2.82. The van der Waals surface area contributed by atoms with Gasteiger partial charge in [0.1, 0.15) is 6.42 Å². The number of nitrogens with zero attached hydrogens (tertiary/aromatic N) is 2. The highest BCUT2D eigenvalue weighted by Gasteiger charge is 2.14. The van der Waals surface area contributed by atoms with E-state index in [-0.39, 0.29) is 18.2 Å². The van der Waals surface area contributed by atoms with Crippen LogP contribution in [0.25, 0.3) is 0 Å². The van der Waals surface area contributed by atoms with Crippen molar-refractivity contribution in [3.8, 4) is 0 Å². The molecule has 2 amide bonds. The lowest BCUT2D eigenvalue weighted by Gasteiger charge is -2.18. The van der Waals surface area contributed by atoms with E-state index in [1.54, 1.807) is 26.0 Å². The molecule has 0 aromatic carbocycles. The van der Waals surface area contributed by atoms with Crippen LogP contribution in [0.5, 0.6) is 0 Å². The Labute approximate surface area is 105 Å². The van der Waals surface area contributed by atoms with E-state index in [0.717, 1.165) is 19.4 Å². The minimum atomic E-state index is -0.132. The number of amides is 2. The van der Waals surface area contributed by atoms with E-state index in [9.17, 15) is 9.59 Å². The summed E-state index contributed by atoms with van der Waals surface area (Å²) in [5.41, 5.74) is 0. The van der Waals surface area contributed by atoms with Crippen molar-refractivity contribution in [2.24, 2.45) is 0 Å². The first-order valence-electron chi connectivity index (χ1n) is 6.43. The largest absolute Gasteiger partial charge is 0.348 e. The van der Waals surface area contributed by atoms with Gasteiger partial charge in [0, 0.05) is 27.7 Å². The van der Waals surface area contributed by atoms with Crippen LogP contribution in [0.15, 0.2) is 0 Å². The van der Waals surface area contributed by atoms with Gasteiger partial charge in [0.25, 0.3) is 0 Å². The van der Waals surface area contributed by atoms with Crippen molar-refractivity contribution in [2.45, 2.75) is 45.4 Å². The third kappa shape index (κ3) is 7.77. The van der Waals surface area contributed by atoms with Gasteiger partial charge < -0.3 is 9.80 Å². The highest BCUT2D eigenvalue weighted by Crippen LogP contribution is 2.04. The molecule has 0 heterocycles. The topological polar surface area (TPSA) is 40.6 Å². The second-order valence-electron chi connectivity index (χ2n) is 4.69. The van der Waals surface area contributed by atoms with Crippen LogP contribution in [-0.2, 0) is 9.59 Å². The molecule has 0 radical (unpaired) electrons. The van der Waals surface area contributed by atoms with Crippen LogP contribution in [0.4, 0.5) is 0 Å². The zero-order chi connectivity index (χ0) is 13.3. The standard InChI is InChI=1S/C13H26N2O2/c1-5-6-7-8-9-10-15(4)13(17)11-12(16)14(2)3/h5-11H2,1-4H3. The number of unbranched alkanes of at least 4 members (excludes halogenated alkanes) is 4. The minimum absolute atomic E-state index is 0.0154. The molecule has 0 aliphatic carbocycles. The van der Waals surface area contributed by atoms with Crippen molar-refractivity contribution in [3.63, 3.8) is 0 Å². The van der Waals surface area contributed by atoms with Crippen LogP contribution >= 0.6 is 0 Å². The molecule has 0 unspecified atom stereocenters. The molecule has 0 aliphatic rings. The quantitative estimate of drug-likeness (QED) is 0.482. The molecule has 0 aromatic heterocycles. The molecule has 0 saturated heterocycles. The van der Waals surface area contributed by atoms with Gasteiger partial charge >= 0.3 is 0 Å². The van der Waals surface area contributed by atoms with Crippen molar-refractivity contribution in [3.05, 3.63) is 0 Å². The van der Waals surface area contributed by atoms with Crippen molar-refractivity contribution in [2.75, 3.05) is 27.7 Å². The fourth-order valence-corrected chi connectivity index (χ4v) is 1.50. The van der Waals surface area contributed by atoms with Crippen LogP contribution in [0.2, 0.25) is 0 Å². The molecule has 0 atom stereocenters. The van der Waals surface area contributed by atoms with Gasteiger partial charge in [0.15, 0.2) is 0 Å². The monoisotopic (exact) mass is 242 g/mol. The first-order valence-corrected chi connectivity index (χ1v) is 6.43. The fourth-order valence-electron chi connectivity index (χ4n) is 1.50. The first kappa shape index (κ1) is 15.9. The Morgan fingerprint density at radius 2 is 1.47 bits per heavy atom. The van der Waals surface area contributed by atoms with Gasteiger partial charge in [-0.3, -0.25) is 9.59 Å². The van der Waals surface area contributed by atoms with Gasteiger partial charge in [-0.2, -0.15) is 0 Å². The Balaban J connectivity index is 3.71. The van der Waals surface area contributed by atoms with Gasteiger partial charge in [-0.1, -0.05) is 32.6 Å². The van der Waals surface area contributed by atoms with E-state index in [4.69, 9.17) is 0 Å². The number of hydrogen-bond acceptors (Lipinski definition) is 2. The van der Waals surface area contributed by atoms with Crippen LogP contribution in [0.3, 0.4) is 0 Å². The maximum absolute atomic E-state index is 11.7. The second kappa shape index (κ2) is 9.02. The van der Waals surface area contributed by atoms with Crippen LogP contribution < -0.4 is 0 Å². The average molecular weight is 242 g/mol. The van der Waals surface area contributed by atoms with E-state index >= 15 is 0 Å². The molecule has 0 aromatic rings. The van der Waals surface area contributed by atoms with Gasteiger partial charge in [-0.05, 0) is 6.42 Å². The fraction of sp³-hybridized carbons (Fsp3) is 0.846. The Bertz CT molecular complexity index is 240. The summed E-state index contributed by atoms with van der Waals surface area (Å²) in [5, 5.41) is 0. The van der Waals surface area contributed by atoms with Gasteiger partial charge in [-0.25, -0.2) is 0 Å². The lowest BCUT2D eigenvalue weighted by Crippen LogP contribution is -2.33. The van der Waals surface area contributed by atoms with Crippen LogP contribution in [-0.4, -0.2) is 49.3 Å². The van der Waals surface area contributed by atoms with E-state index in [1.807, 2.05) is 0 Å². The summed E-state index contributed by atoms with van der Waals surface area (Å²) in [6.45, 7) is 2.94. The van der Waals surface area contributed by atoms with E-state index < -0.39 is 0 Å². The molecule has 100 valence electrons. The molecule has 0 spiro atoms. The zero-order valence-corrected chi connectivity index (χ0v) is 11.7. The van der Waals surface area contributed by atoms with Crippen LogP contribution in [0.1, 0.15) is 45.4 Å². The zero-order valence-electron chi connectivity index (χ0n) is 11.7. The lowest BCUT2D eigenvalue weighted by molar-refractivity contribution is -0.138. The van der Waals surface area contributed by atoms with E-state index in [1.165, 1.54) is 24.2 Å². The smallest absolute Gasteiger partial charge is 0.231 e. The Morgan fingerprint density at radius 1 is 0.882 bits per heavy atom. The molecular formula is C13H26N2O2. The van der Waals surface area contributed by atoms with E-state index in [0.29, 0.717) is 0 Å². The molecule has 0 saturated carbocycles. The number of carbonyl (C=O) groups excluding carboxylic acids is 2. The van der Waals surface area contributed by atoms with Crippen molar-refractivity contribution >= 4 is 11.8 Å². The molecule has 0 aliphatic heterocycles. The summed E-state index contributed by atoms with van der Waals surface area (Å²) in [6, 6.07) is 0. The summed E-state index contributed by atoms with van der Waals surface area (Å²) in [6.07, 6.45) is 5.89. The molecule has 0 fully saturated rings. The minimum Gasteiger partial charge on any atom is -0.348 e. The predicted octanol–water partition coefficient (Wildman–Crippen LogP) is 1.89. The predicted molar refractivity (Wildman–Crippen MR) is 69.7 cm³/mol. The summed E-state index contributed by atoms with van der Waals surface area (Å²) < 4.78 is 0. The maximum Gasteiger partial charge on any atom is 0.231 e. The number of carbonyl (C=O) groups is 2. The molecule has 0 N–H and O–H groups in total. The maximum atomic E-state index is 11.7. The van der Waals surface area contributed by atoms with Crippen molar-refractivity contribution in [1.29, 1.82) is 0 Å².